The minimum Gasteiger partial charge on any atom is -0.497 e. The van der Waals surface area contributed by atoms with E-state index in [0.717, 1.165) is 29.4 Å². The van der Waals surface area contributed by atoms with Crippen molar-refractivity contribution < 1.29 is 4.74 Å². The van der Waals surface area contributed by atoms with E-state index in [-0.39, 0.29) is 0 Å². The van der Waals surface area contributed by atoms with Gasteiger partial charge in [-0.3, -0.25) is 0 Å². The molecule has 0 atom stereocenters. The topological polar surface area (TPSA) is 73.1 Å². The van der Waals surface area contributed by atoms with Crippen molar-refractivity contribution in [2.24, 2.45) is 0 Å². The number of aryl methyl sites for hydroxylation is 1. The summed E-state index contributed by atoms with van der Waals surface area (Å²) in [4.78, 5) is 8.52. The van der Waals surface area contributed by atoms with Gasteiger partial charge < -0.3 is 15.8 Å². The molecule has 0 amide bonds. The highest BCUT2D eigenvalue weighted by Gasteiger charge is 2.01. The highest BCUT2D eigenvalue weighted by Crippen LogP contribution is 2.15. The number of nitrogens with two attached hydrogens (primary N) is 1. The molecule has 2 rings (SSSR count). The summed E-state index contributed by atoms with van der Waals surface area (Å²) in [6, 6.07) is 9.63. The Balaban J connectivity index is 2.07. The van der Waals surface area contributed by atoms with Crippen molar-refractivity contribution in [1.82, 2.24) is 9.97 Å². The first-order valence-corrected chi connectivity index (χ1v) is 6.21. The zero-order chi connectivity index (χ0) is 13.7. The molecule has 0 aliphatic carbocycles. The lowest BCUT2D eigenvalue weighted by Crippen LogP contribution is -2.06. The lowest BCUT2D eigenvalue weighted by Gasteiger charge is -2.08. The van der Waals surface area contributed by atoms with E-state index in [1.54, 1.807) is 13.2 Å². The summed E-state index contributed by atoms with van der Waals surface area (Å²) in [6.45, 7) is 2.66. The first-order chi connectivity index (χ1) is 9.21. The van der Waals surface area contributed by atoms with Crippen molar-refractivity contribution in [1.29, 1.82) is 0 Å². The van der Waals surface area contributed by atoms with Gasteiger partial charge in [-0.2, -0.15) is 0 Å². The Hall–Kier alpha value is -2.30. The third kappa shape index (κ3) is 3.58. The van der Waals surface area contributed by atoms with Gasteiger partial charge in [0.05, 0.1) is 7.11 Å². The van der Waals surface area contributed by atoms with Crippen molar-refractivity contribution in [2.45, 2.75) is 19.9 Å². The molecule has 0 saturated carbocycles. The van der Waals surface area contributed by atoms with Gasteiger partial charge in [0.15, 0.2) is 0 Å². The highest BCUT2D eigenvalue weighted by atomic mass is 16.5. The number of methoxy groups -OCH3 is 1. The molecule has 0 aliphatic heterocycles. The van der Waals surface area contributed by atoms with Gasteiger partial charge in [0.1, 0.15) is 23.2 Å². The zero-order valence-corrected chi connectivity index (χ0v) is 11.2. The van der Waals surface area contributed by atoms with E-state index in [1.807, 2.05) is 31.2 Å². The number of hydrogen-bond donors (Lipinski definition) is 2. The molecule has 0 fully saturated rings. The van der Waals surface area contributed by atoms with E-state index >= 15 is 0 Å². The van der Waals surface area contributed by atoms with Gasteiger partial charge in [0.25, 0.3) is 0 Å². The molecule has 1 aromatic carbocycles. The molecule has 5 heteroatoms. The predicted octanol–water partition coefficient (Wildman–Crippen LogP) is 2.24. The SMILES string of the molecule is CCc1nc(N)cc(NCc2cccc(OC)c2)n1. The predicted molar refractivity (Wildman–Crippen MR) is 76.1 cm³/mol. The van der Waals surface area contributed by atoms with Gasteiger partial charge in [0, 0.05) is 19.0 Å². The number of anilines is 2. The number of nitrogen functional groups attached to an aromatic ring is 1. The van der Waals surface area contributed by atoms with Gasteiger partial charge in [0.2, 0.25) is 0 Å². The van der Waals surface area contributed by atoms with Crippen LogP contribution in [-0.4, -0.2) is 17.1 Å². The molecular weight excluding hydrogens is 240 g/mol. The number of ether oxygens (including phenoxy) is 1. The second-order valence-corrected chi connectivity index (χ2v) is 4.15. The Morgan fingerprint density at radius 3 is 2.84 bits per heavy atom. The normalized spacial score (nSPS) is 10.2. The van der Waals surface area contributed by atoms with Crippen molar-refractivity contribution in [3.8, 4) is 5.75 Å². The molecule has 1 heterocycles. The number of benzene rings is 1. The third-order valence-corrected chi connectivity index (χ3v) is 2.72. The van der Waals surface area contributed by atoms with Crippen LogP contribution in [0.1, 0.15) is 18.3 Å². The van der Waals surface area contributed by atoms with Crippen LogP contribution >= 0.6 is 0 Å². The Bertz CT molecular complexity index is 557. The number of hydrogen-bond acceptors (Lipinski definition) is 5. The lowest BCUT2D eigenvalue weighted by atomic mass is 10.2. The van der Waals surface area contributed by atoms with Crippen LogP contribution in [0.2, 0.25) is 0 Å². The van der Waals surface area contributed by atoms with E-state index in [1.165, 1.54) is 0 Å². The second-order valence-electron chi connectivity index (χ2n) is 4.15. The van der Waals surface area contributed by atoms with Gasteiger partial charge >= 0.3 is 0 Å². The van der Waals surface area contributed by atoms with Crippen LogP contribution in [0.25, 0.3) is 0 Å². The molecule has 3 N–H and O–H groups in total. The van der Waals surface area contributed by atoms with E-state index < -0.39 is 0 Å². The summed E-state index contributed by atoms with van der Waals surface area (Å²) in [5.41, 5.74) is 6.86. The molecule has 2 aromatic rings. The molecule has 19 heavy (non-hydrogen) atoms. The smallest absolute Gasteiger partial charge is 0.132 e. The van der Waals surface area contributed by atoms with Crippen LogP contribution in [0.4, 0.5) is 11.6 Å². The largest absolute Gasteiger partial charge is 0.497 e. The summed E-state index contributed by atoms with van der Waals surface area (Å²) in [6.07, 6.45) is 0.763. The first-order valence-electron chi connectivity index (χ1n) is 6.21. The lowest BCUT2D eigenvalue weighted by molar-refractivity contribution is 0.414. The van der Waals surface area contributed by atoms with E-state index in [0.29, 0.717) is 12.4 Å². The standard InChI is InChI=1S/C14H18N4O/c1-3-13-17-12(15)8-14(18-13)16-9-10-5-4-6-11(7-10)19-2/h4-8H,3,9H2,1-2H3,(H3,15,16,17,18). The summed E-state index contributed by atoms with van der Waals surface area (Å²) in [5.74, 6) is 2.82. The van der Waals surface area contributed by atoms with Crippen molar-refractivity contribution in [3.05, 3.63) is 41.7 Å². The minimum absolute atomic E-state index is 0.486. The average molecular weight is 258 g/mol. The average Bonchev–Trinajstić information content (AvgIpc) is 2.44. The fourth-order valence-electron chi connectivity index (χ4n) is 1.74. The van der Waals surface area contributed by atoms with Gasteiger partial charge in [-0.1, -0.05) is 19.1 Å². The van der Waals surface area contributed by atoms with Crippen LogP contribution in [-0.2, 0) is 13.0 Å². The highest BCUT2D eigenvalue weighted by molar-refractivity contribution is 5.45. The van der Waals surface area contributed by atoms with E-state index in [4.69, 9.17) is 10.5 Å². The third-order valence-electron chi connectivity index (χ3n) is 2.72. The summed E-state index contributed by atoms with van der Waals surface area (Å²) >= 11 is 0. The van der Waals surface area contributed by atoms with Crippen molar-refractivity contribution in [2.75, 3.05) is 18.2 Å². The number of rotatable bonds is 5. The molecule has 0 bridgehead atoms. The Morgan fingerprint density at radius 2 is 2.11 bits per heavy atom. The van der Waals surface area contributed by atoms with Crippen molar-refractivity contribution >= 4 is 11.6 Å². The molecule has 0 aliphatic rings. The molecular formula is C14H18N4O. The number of nitrogens with zero attached hydrogens (tertiary/aromatic N) is 2. The van der Waals surface area contributed by atoms with Crippen molar-refractivity contribution in [3.63, 3.8) is 0 Å². The molecule has 5 nitrogen and oxygen atoms in total. The maximum absolute atomic E-state index is 5.74. The van der Waals surface area contributed by atoms with Gasteiger partial charge in [-0.25, -0.2) is 9.97 Å². The van der Waals surface area contributed by atoms with Crippen LogP contribution in [0.3, 0.4) is 0 Å². The molecule has 0 unspecified atom stereocenters. The Labute approximate surface area is 112 Å². The van der Waals surface area contributed by atoms with Gasteiger partial charge in [-0.15, -0.1) is 0 Å². The van der Waals surface area contributed by atoms with E-state index in [2.05, 4.69) is 15.3 Å². The Morgan fingerprint density at radius 1 is 1.26 bits per heavy atom. The fraction of sp³-hybridized carbons (Fsp3) is 0.286. The van der Waals surface area contributed by atoms with Gasteiger partial charge in [-0.05, 0) is 17.7 Å². The van der Waals surface area contributed by atoms with E-state index in [9.17, 15) is 0 Å². The first kappa shape index (κ1) is 13.1. The summed E-state index contributed by atoms with van der Waals surface area (Å²) < 4.78 is 5.19. The fourth-order valence-corrected chi connectivity index (χ4v) is 1.74. The number of nitrogens with one attached hydrogen (secondary N) is 1. The maximum atomic E-state index is 5.74. The maximum Gasteiger partial charge on any atom is 0.132 e. The van der Waals surface area contributed by atoms with Crippen LogP contribution in [0.15, 0.2) is 30.3 Å². The van der Waals surface area contributed by atoms with Crippen LogP contribution in [0.5, 0.6) is 5.75 Å². The minimum atomic E-state index is 0.486. The second kappa shape index (κ2) is 6.04. The monoisotopic (exact) mass is 258 g/mol. The summed E-state index contributed by atoms with van der Waals surface area (Å²) in [7, 11) is 1.66. The zero-order valence-electron chi connectivity index (χ0n) is 11.2. The molecule has 0 spiro atoms. The quantitative estimate of drug-likeness (QED) is 0.860. The molecule has 0 saturated heterocycles. The summed E-state index contributed by atoms with van der Waals surface area (Å²) in [5, 5.41) is 3.24. The number of aromatic nitrogens is 2. The Kier molecular flexibility index (Phi) is 4.18. The molecule has 0 radical (unpaired) electrons. The molecule has 100 valence electrons. The van der Waals surface area contributed by atoms with Crippen LogP contribution in [0, 0.1) is 0 Å². The molecule has 1 aromatic heterocycles. The van der Waals surface area contributed by atoms with Crippen LogP contribution < -0.4 is 15.8 Å².